The summed E-state index contributed by atoms with van der Waals surface area (Å²) in [5, 5.41) is 0. The number of carbonyl (C=O) groups is 1. The van der Waals surface area contributed by atoms with Crippen molar-refractivity contribution < 1.29 is 4.79 Å². The molecule has 0 radical (unpaired) electrons. The summed E-state index contributed by atoms with van der Waals surface area (Å²) in [6, 6.07) is 0. The van der Waals surface area contributed by atoms with Crippen molar-refractivity contribution in [3.8, 4) is 0 Å². The minimum atomic E-state index is 0.332. The fourth-order valence-corrected chi connectivity index (χ4v) is 8.58. The maximum absolute atomic E-state index is 12.0. The van der Waals surface area contributed by atoms with Crippen LogP contribution in [0.2, 0.25) is 0 Å². The van der Waals surface area contributed by atoms with Gasteiger partial charge < -0.3 is 0 Å². The lowest BCUT2D eigenvalue weighted by molar-refractivity contribution is -0.117. The van der Waals surface area contributed by atoms with E-state index in [9.17, 15) is 4.79 Å². The molecular weight excluding hydrogens is 340 g/mol. The number of rotatable bonds is 5. The van der Waals surface area contributed by atoms with Crippen molar-refractivity contribution in [2.75, 3.05) is 0 Å². The van der Waals surface area contributed by atoms with Gasteiger partial charge >= 0.3 is 0 Å². The predicted octanol–water partition coefficient (Wildman–Crippen LogP) is 7.60. The van der Waals surface area contributed by atoms with Crippen LogP contribution in [0.1, 0.15) is 105 Å². The van der Waals surface area contributed by atoms with Gasteiger partial charge in [0.25, 0.3) is 0 Å². The lowest BCUT2D eigenvalue weighted by atomic mass is 9.46. The third kappa shape index (κ3) is 3.33. The molecule has 4 rings (SSSR count). The van der Waals surface area contributed by atoms with E-state index in [1.807, 2.05) is 0 Å². The molecule has 1 unspecified atom stereocenters. The second-order valence-corrected chi connectivity index (χ2v) is 12.0. The molecule has 3 saturated carbocycles. The Balaban J connectivity index is 1.49. The first kappa shape index (κ1) is 20.7. The monoisotopic (exact) mass is 384 g/mol. The molecular formula is C27H44O. The van der Waals surface area contributed by atoms with E-state index < -0.39 is 0 Å². The number of hydrogen-bond donors (Lipinski definition) is 0. The average molecular weight is 385 g/mol. The van der Waals surface area contributed by atoms with Gasteiger partial charge in [-0.2, -0.15) is 0 Å². The molecule has 0 aromatic carbocycles. The van der Waals surface area contributed by atoms with E-state index in [2.05, 4.69) is 40.7 Å². The molecule has 0 aliphatic heterocycles. The van der Waals surface area contributed by atoms with Crippen LogP contribution in [0.3, 0.4) is 0 Å². The van der Waals surface area contributed by atoms with Crippen molar-refractivity contribution in [3.05, 3.63) is 11.6 Å². The van der Waals surface area contributed by atoms with Crippen molar-refractivity contribution in [1.82, 2.24) is 0 Å². The topological polar surface area (TPSA) is 17.1 Å². The number of carbonyl (C=O) groups excluding carboxylic acids is 1. The van der Waals surface area contributed by atoms with Crippen LogP contribution in [0.25, 0.3) is 0 Å². The number of ketones is 1. The highest BCUT2D eigenvalue weighted by atomic mass is 16.1. The Morgan fingerprint density at radius 3 is 2.50 bits per heavy atom. The van der Waals surface area contributed by atoms with Crippen LogP contribution in [-0.2, 0) is 4.79 Å². The fraction of sp³-hybridized carbons (Fsp3) is 0.889. The van der Waals surface area contributed by atoms with Gasteiger partial charge in [-0.25, -0.2) is 0 Å². The Morgan fingerprint density at radius 1 is 0.964 bits per heavy atom. The summed E-state index contributed by atoms with van der Waals surface area (Å²) in [6.07, 6.45) is 16.6. The molecule has 28 heavy (non-hydrogen) atoms. The van der Waals surface area contributed by atoms with Gasteiger partial charge in [-0.3, -0.25) is 4.79 Å². The SMILES string of the molecule is CC(C)CCCC(C)[C@H]1CC[C@H]2[C@@H]3CCC4=CC(=O)CC[C@]4(C)[C@H]3CC[C@]12C. The maximum Gasteiger partial charge on any atom is 0.155 e. The Kier molecular flexibility index (Phi) is 5.60. The van der Waals surface area contributed by atoms with Crippen molar-refractivity contribution in [3.63, 3.8) is 0 Å². The summed E-state index contributed by atoms with van der Waals surface area (Å²) in [5.74, 6) is 5.79. The molecule has 0 amide bonds. The number of allylic oxidation sites excluding steroid dienone is 1. The number of hydrogen-bond acceptors (Lipinski definition) is 1. The van der Waals surface area contributed by atoms with Crippen LogP contribution in [0.5, 0.6) is 0 Å². The van der Waals surface area contributed by atoms with E-state index in [-0.39, 0.29) is 0 Å². The molecule has 7 atom stereocenters. The second-order valence-electron chi connectivity index (χ2n) is 12.0. The predicted molar refractivity (Wildman–Crippen MR) is 118 cm³/mol. The van der Waals surface area contributed by atoms with Crippen LogP contribution in [0.15, 0.2) is 11.6 Å². The molecule has 0 aromatic heterocycles. The summed E-state index contributed by atoms with van der Waals surface area (Å²) in [4.78, 5) is 12.0. The van der Waals surface area contributed by atoms with Gasteiger partial charge in [0, 0.05) is 6.42 Å². The Labute approximate surface area is 174 Å². The van der Waals surface area contributed by atoms with Crippen LogP contribution >= 0.6 is 0 Å². The second kappa shape index (κ2) is 7.59. The lowest BCUT2D eigenvalue weighted by Crippen LogP contribution is -2.50. The minimum Gasteiger partial charge on any atom is -0.295 e. The molecule has 4 aliphatic carbocycles. The van der Waals surface area contributed by atoms with E-state index in [0.717, 1.165) is 48.3 Å². The molecule has 1 nitrogen and oxygen atoms in total. The van der Waals surface area contributed by atoms with Gasteiger partial charge in [0.2, 0.25) is 0 Å². The highest BCUT2D eigenvalue weighted by Crippen LogP contribution is 2.67. The van der Waals surface area contributed by atoms with Crippen LogP contribution < -0.4 is 0 Å². The van der Waals surface area contributed by atoms with E-state index in [1.165, 1.54) is 63.4 Å². The zero-order chi connectivity index (χ0) is 20.1. The summed E-state index contributed by atoms with van der Waals surface area (Å²) in [7, 11) is 0. The van der Waals surface area contributed by atoms with Gasteiger partial charge in [-0.15, -0.1) is 0 Å². The van der Waals surface area contributed by atoms with Gasteiger partial charge in [-0.1, -0.05) is 59.5 Å². The molecule has 0 aromatic rings. The minimum absolute atomic E-state index is 0.332. The zero-order valence-electron chi connectivity index (χ0n) is 19.2. The molecule has 4 aliphatic rings. The summed E-state index contributed by atoms with van der Waals surface area (Å²) in [5.41, 5.74) is 2.43. The zero-order valence-corrected chi connectivity index (χ0v) is 19.2. The summed E-state index contributed by atoms with van der Waals surface area (Å²) >= 11 is 0. The third-order valence-electron chi connectivity index (χ3n) is 10.2. The Bertz CT molecular complexity index is 630. The molecule has 0 spiro atoms. The number of fused-ring (bicyclic) bond motifs is 5. The third-order valence-corrected chi connectivity index (χ3v) is 10.2. The molecule has 1 heteroatoms. The van der Waals surface area contributed by atoms with Gasteiger partial charge in [-0.05, 0) is 97.4 Å². The molecule has 0 saturated heterocycles. The lowest BCUT2D eigenvalue weighted by Gasteiger charge is -2.58. The standard InChI is InChI=1S/C27H44O/c1-18(2)7-6-8-19(3)23-11-12-24-22-10-9-20-17-21(28)13-15-26(20,4)25(22)14-16-27(23,24)5/h17-19,22-25H,6-16H2,1-5H3/t19?,22-,23+,24-,25-,26-,27+/m0/s1. The summed E-state index contributed by atoms with van der Waals surface area (Å²) in [6.45, 7) is 12.5. The van der Waals surface area contributed by atoms with Gasteiger partial charge in [0.05, 0.1) is 0 Å². The van der Waals surface area contributed by atoms with Crippen molar-refractivity contribution in [1.29, 1.82) is 0 Å². The van der Waals surface area contributed by atoms with Gasteiger partial charge in [0.1, 0.15) is 0 Å². The first-order chi connectivity index (χ1) is 13.3. The highest BCUT2D eigenvalue weighted by Gasteiger charge is 2.59. The van der Waals surface area contributed by atoms with E-state index in [1.54, 1.807) is 0 Å². The van der Waals surface area contributed by atoms with Crippen LogP contribution in [0.4, 0.5) is 0 Å². The molecule has 0 heterocycles. The van der Waals surface area contributed by atoms with E-state index in [4.69, 9.17) is 0 Å². The van der Waals surface area contributed by atoms with Crippen molar-refractivity contribution in [2.45, 2.75) is 105 Å². The first-order valence-corrected chi connectivity index (χ1v) is 12.5. The fourth-order valence-electron chi connectivity index (χ4n) is 8.58. The average Bonchev–Trinajstić information content (AvgIpc) is 2.99. The van der Waals surface area contributed by atoms with Crippen molar-refractivity contribution >= 4 is 5.78 Å². The Morgan fingerprint density at radius 2 is 1.75 bits per heavy atom. The first-order valence-electron chi connectivity index (χ1n) is 12.5. The van der Waals surface area contributed by atoms with E-state index >= 15 is 0 Å². The Hall–Kier alpha value is -0.590. The quantitative estimate of drug-likeness (QED) is 0.477. The molecule has 0 N–H and O–H groups in total. The molecule has 158 valence electrons. The molecule has 3 fully saturated rings. The van der Waals surface area contributed by atoms with Gasteiger partial charge in [0.15, 0.2) is 5.78 Å². The van der Waals surface area contributed by atoms with Crippen molar-refractivity contribution in [2.24, 2.45) is 46.3 Å². The maximum atomic E-state index is 12.0. The van der Waals surface area contributed by atoms with Crippen LogP contribution in [0, 0.1) is 46.3 Å². The molecule has 0 bridgehead atoms. The smallest absolute Gasteiger partial charge is 0.155 e. The van der Waals surface area contributed by atoms with Crippen LogP contribution in [-0.4, -0.2) is 5.78 Å². The largest absolute Gasteiger partial charge is 0.295 e. The highest BCUT2D eigenvalue weighted by molar-refractivity contribution is 5.91. The van der Waals surface area contributed by atoms with E-state index in [0.29, 0.717) is 16.6 Å². The summed E-state index contributed by atoms with van der Waals surface area (Å²) < 4.78 is 0. The normalized spacial score (nSPS) is 43.9.